The van der Waals surface area contributed by atoms with Crippen molar-refractivity contribution in [1.29, 1.82) is 0 Å². The molecule has 0 spiro atoms. The van der Waals surface area contributed by atoms with Crippen LogP contribution in [0, 0.1) is 0 Å². The first-order valence-electron chi connectivity index (χ1n) is 16.6. The summed E-state index contributed by atoms with van der Waals surface area (Å²) in [4.78, 5) is 14.6. The molecule has 0 amide bonds. The normalized spacial score (nSPS) is 11.6. The molecular formula is C45H27N3OS. The Balaban J connectivity index is 1.23. The summed E-state index contributed by atoms with van der Waals surface area (Å²) >= 11 is 1.84. The minimum atomic E-state index is 0.658. The van der Waals surface area contributed by atoms with Crippen molar-refractivity contribution in [3.8, 4) is 56.2 Å². The lowest BCUT2D eigenvalue weighted by Crippen LogP contribution is -1.97. The van der Waals surface area contributed by atoms with Crippen LogP contribution in [0.1, 0.15) is 0 Å². The standard InChI is InChI=1S/C45H27N3OS/c1-2-10-29(11-3-1)45-47-38(33-13-5-4-12-31(33)28-22-24-46-25-23-28)27-39(48-45)35-20-19-32(43-36-15-6-8-16-40(36)49-44(35)43)30-18-21-42-37(26-30)34-14-7-9-17-41(34)50-42/h1-27H. The van der Waals surface area contributed by atoms with Crippen LogP contribution in [0.2, 0.25) is 0 Å². The molecule has 6 aromatic carbocycles. The van der Waals surface area contributed by atoms with Crippen LogP contribution in [0.3, 0.4) is 0 Å². The Labute approximate surface area is 292 Å². The Hall–Kier alpha value is -6.43. The topological polar surface area (TPSA) is 51.8 Å². The van der Waals surface area contributed by atoms with Crippen LogP contribution in [-0.4, -0.2) is 15.0 Å². The second kappa shape index (κ2) is 11.6. The molecule has 0 fully saturated rings. The fourth-order valence-electron chi connectivity index (χ4n) is 7.09. The quantitative estimate of drug-likeness (QED) is 0.185. The van der Waals surface area contributed by atoms with Crippen LogP contribution in [-0.2, 0) is 0 Å². The molecule has 4 aromatic heterocycles. The Morgan fingerprint density at radius 1 is 0.440 bits per heavy atom. The number of thiophene rings is 1. The fraction of sp³-hybridized carbons (Fsp3) is 0. The zero-order valence-corrected chi connectivity index (χ0v) is 27.6. The number of hydrogen-bond donors (Lipinski definition) is 0. The number of pyridine rings is 1. The molecule has 0 aliphatic carbocycles. The number of aromatic nitrogens is 3. The minimum absolute atomic E-state index is 0.658. The Kier molecular flexibility index (Phi) is 6.64. The van der Waals surface area contributed by atoms with E-state index in [1.807, 2.05) is 66.2 Å². The maximum atomic E-state index is 6.76. The van der Waals surface area contributed by atoms with Gasteiger partial charge in [0.15, 0.2) is 5.82 Å². The third-order valence-corrected chi connectivity index (χ3v) is 10.6. The number of furan rings is 1. The Morgan fingerprint density at radius 2 is 1.12 bits per heavy atom. The highest BCUT2D eigenvalue weighted by atomic mass is 32.1. The van der Waals surface area contributed by atoms with Crippen molar-refractivity contribution in [2.75, 3.05) is 0 Å². The van der Waals surface area contributed by atoms with Gasteiger partial charge in [0, 0.05) is 60.0 Å². The molecule has 0 unspecified atom stereocenters. The Morgan fingerprint density at radius 3 is 1.98 bits per heavy atom. The van der Waals surface area contributed by atoms with E-state index in [-0.39, 0.29) is 0 Å². The molecule has 0 saturated heterocycles. The van der Waals surface area contributed by atoms with Gasteiger partial charge in [0.2, 0.25) is 0 Å². The fourth-order valence-corrected chi connectivity index (χ4v) is 8.18. The summed E-state index contributed by atoms with van der Waals surface area (Å²) < 4.78 is 9.35. The monoisotopic (exact) mass is 657 g/mol. The molecule has 0 bridgehead atoms. The number of para-hydroxylation sites is 1. The van der Waals surface area contributed by atoms with Gasteiger partial charge in [-0.3, -0.25) is 4.98 Å². The van der Waals surface area contributed by atoms with Crippen molar-refractivity contribution in [3.05, 3.63) is 164 Å². The molecule has 0 aliphatic rings. The predicted molar refractivity (Wildman–Crippen MR) is 207 cm³/mol. The van der Waals surface area contributed by atoms with Crippen molar-refractivity contribution in [2.45, 2.75) is 0 Å². The van der Waals surface area contributed by atoms with Gasteiger partial charge in [0.05, 0.1) is 11.4 Å². The third kappa shape index (κ3) is 4.71. The smallest absolute Gasteiger partial charge is 0.160 e. The predicted octanol–water partition coefficient (Wildman–Crippen LogP) is 12.5. The number of rotatable bonds is 5. The van der Waals surface area contributed by atoms with E-state index in [2.05, 4.69) is 114 Å². The zero-order valence-electron chi connectivity index (χ0n) is 26.7. The summed E-state index contributed by atoms with van der Waals surface area (Å²) in [6.07, 6.45) is 3.65. The van der Waals surface area contributed by atoms with Gasteiger partial charge in [-0.05, 0) is 70.8 Å². The summed E-state index contributed by atoms with van der Waals surface area (Å²) in [5.74, 6) is 0.658. The molecule has 50 heavy (non-hydrogen) atoms. The highest BCUT2D eigenvalue weighted by Crippen LogP contribution is 2.44. The van der Waals surface area contributed by atoms with Crippen LogP contribution >= 0.6 is 11.3 Å². The number of benzene rings is 6. The van der Waals surface area contributed by atoms with Gasteiger partial charge in [0.25, 0.3) is 0 Å². The van der Waals surface area contributed by atoms with Gasteiger partial charge in [-0.2, -0.15) is 0 Å². The van der Waals surface area contributed by atoms with E-state index in [9.17, 15) is 0 Å². The van der Waals surface area contributed by atoms with E-state index in [1.54, 1.807) is 0 Å². The molecule has 5 heteroatoms. The van der Waals surface area contributed by atoms with Crippen LogP contribution in [0.4, 0.5) is 0 Å². The van der Waals surface area contributed by atoms with E-state index >= 15 is 0 Å². The third-order valence-electron chi connectivity index (χ3n) is 9.44. The molecule has 4 nitrogen and oxygen atoms in total. The zero-order chi connectivity index (χ0) is 33.0. The maximum Gasteiger partial charge on any atom is 0.160 e. The second-order valence-corrected chi connectivity index (χ2v) is 13.5. The summed E-state index contributed by atoms with van der Waals surface area (Å²) in [6, 6.07) is 52.9. The molecule has 0 N–H and O–H groups in total. The van der Waals surface area contributed by atoms with E-state index < -0.39 is 0 Å². The molecule has 0 radical (unpaired) electrons. The molecule has 0 saturated carbocycles. The lowest BCUT2D eigenvalue weighted by molar-refractivity contribution is 0.670. The van der Waals surface area contributed by atoms with E-state index in [1.165, 1.54) is 20.2 Å². The molecule has 0 aliphatic heterocycles. The molecule has 234 valence electrons. The second-order valence-electron chi connectivity index (χ2n) is 12.4. The average Bonchev–Trinajstić information content (AvgIpc) is 3.77. The van der Waals surface area contributed by atoms with Crippen LogP contribution in [0.15, 0.2) is 168 Å². The molecule has 10 rings (SSSR count). The van der Waals surface area contributed by atoms with Gasteiger partial charge in [-0.15, -0.1) is 11.3 Å². The first-order chi connectivity index (χ1) is 24.8. The SMILES string of the molecule is c1ccc(-c2nc(-c3ccccc3-c3ccncc3)cc(-c3ccc(-c4ccc5sc6ccccc6c5c4)c4c3oc3ccccc34)n2)cc1. The summed E-state index contributed by atoms with van der Waals surface area (Å²) in [5.41, 5.74) is 10.6. The highest BCUT2D eigenvalue weighted by molar-refractivity contribution is 7.25. The van der Waals surface area contributed by atoms with Crippen LogP contribution in [0.25, 0.3) is 98.3 Å². The van der Waals surface area contributed by atoms with Gasteiger partial charge in [-0.1, -0.05) is 103 Å². The summed E-state index contributed by atoms with van der Waals surface area (Å²) in [6.45, 7) is 0. The highest BCUT2D eigenvalue weighted by Gasteiger charge is 2.21. The number of fused-ring (bicyclic) bond motifs is 6. The van der Waals surface area contributed by atoms with Crippen molar-refractivity contribution in [1.82, 2.24) is 15.0 Å². The summed E-state index contributed by atoms with van der Waals surface area (Å²) in [7, 11) is 0. The van der Waals surface area contributed by atoms with Crippen LogP contribution in [0.5, 0.6) is 0 Å². The van der Waals surface area contributed by atoms with E-state index in [0.717, 1.165) is 72.3 Å². The molecule has 10 aromatic rings. The van der Waals surface area contributed by atoms with Crippen molar-refractivity contribution in [3.63, 3.8) is 0 Å². The largest absolute Gasteiger partial charge is 0.455 e. The lowest BCUT2D eigenvalue weighted by Gasteiger charge is -2.14. The van der Waals surface area contributed by atoms with Gasteiger partial charge in [0.1, 0.15) is 11.2 Å². The molecule has 4 heterocycles. The number of nitrogens with zero attached hydrogens (tertiary/aromatic N) is 3. The van der Waals surface area contributed by atoms with Gasteiger partial charge in [-0.25, -0.2) is 9.97 Å². The van der Waals surface area contributed by atoms with Crippen LogP contribution < -0.4 is 0 Å². The van der Waals surface area contributed by atoms with Crippen molar-refractivity contribution in [2.24, 2.45) is 0 Å². The molecular weight excluding hydrogens is 631 g/mol. The van der Waals surface area contributed by atoms with E-state index in [0.29, 0.717) is 5.82 Å². The first kappa shape index (κ1) is 28.6. The lowest BCUT2D eigenvalue weighted by atomic mass is 9.94. The Bertz CT molecular complexity index is 2870. The average molecular weight is 658 g/mol. The van der Waals surface area contributed by atoms with E-state index in [4.69, 9.17) is 14.4 Å². The molecule has 0 atom stereocenters. The van der Waals surface area contributed by atoms with Crippen molar-refractivity contribution < 1.29 is 4.42 Å². The minimum Gasteiger partial charge on any atom is -0.455 e. The van der Waals surface area contributed by atoms with Gasteiger partial charge < -0.3 is 4.42 Å². The van der Waals surface area contributed by atoms with Gasteiger partial charge >= 0.3 is 0 Å². The first-order valence-corrected chi connectivity index (χ1v) is 17.4. The maximum absolute atomic E-state index is 6.76. The number of hydrogen-bond acceptors (Lipinski definition) is 5. The summed E-state index contributed by atoms with van der Waals surface area (Å²) in [5, 5.41) is 4.72. The van der Waals surface area contributed by atoms with Crippen molar-refractivity contribution >= 4 is 53.4 Å².